The largest absolute Gasteiger partial charge is 0.478 e. The molecule has 0 unspecified atom stereocenters. The maximum Gasteiger partial charge on any atom is 0.337 e. The highest BCUT2D eigenvalue weighted by Gasteiger charge is 2.06. The number of rotatable bonds is 6. The summed E-state index contributed by atoms with van der Waals surface area (Å²) in [5, 5.41) is 8.86. The molecule has 1 rings (SSSR count). The number of carbonyl (C=O) groups is 1. The summed E-state index contributed by atoms with van der Waals surface area (Å²) in [4.78, 5) is 24.6. The van der Waals surface area contributed by atoms with Crippen molar-refractivity contribution >= 4 is 5.97 Å². The monoisotopic (exact) mass is 252 g/mol. The second-order valence-electron chi connectivity index (χ2n) is 4.68. The van der Waals surface area contributed by atoms with Crippen molar-refractivity contribution in [2.45, 2.75) is 32.9 Å². The first-order valence-electron chi connectivity index (χ1n) is 6.06. The van der Waals surface area contributed by atoms with Crippen molar-refractivity contribution in [2.75, 3.05) is 13.6 Å². The molecule has 100 valence electrons. The van der Waals surface area contributed by atoms with Crippen LogP contribution in [0.2, 0.25) is 0 Å². The van der Waals surface area contributed by atoms with Gasteiger partial charge in [0, 0.05) is 24.8 Å². The summed E-state index contributed by atoms with van der Waals surface area (Å²) in [6, 6.07) is 3.10. The van der Waals surface area contributed by atoms with Crippen LogP contribution < -0.4 is 5.56 Å². The maximum absolute atomic E-state index is 11.6. The molecule has 1 N–H and O–H groups in total. The van der Waals surface area contributed by atoms with Gasteiger partial charge in [-0.25, -0.2) is 4.79 Å². The van der Waals surface area contributed by atoms with Crippen LogP contribution in [0.3, 0.4) is 0 Å². The van der Waals surface area contributed by atoms with Crippen LogP contribution in [0.1, 0.15) is 30.6 Å². The highest BCUT2D eigenvalue weighted by Crippen LogP contribution is 1.99. The van der Waals surface area contributed by atoms with Crippen molar-refractivity contribution in [2.24, 2.45) is 0 Å². The van der Waals surface area contributed by atoms with Gasteiger partial charge in [0.2, 0.25) is 0 Å². The lowest BCUT2D eigenvalue weighted by molar-refractivity contribution is 0.0695. The zero-order valence-corrected chi connectivity index (χ0v) is 11.1. The van der Waals surface area contributed by atoms with E-state index in [0.717, 1.165) is 13.0 Å². The summed E-state index contributed by atoms with van der Waals surface area (Å²) in [7, 11) is 2.03. The first-order chi connectivity index (χ1) is 8.41. The first kappa shape index (κ1) is 14.4. The number of carboxylic acid groups (broad SMARTS) is 1. The van der Waals surface area contributed by atoms with E-state index in [1.54, 1.807) is 0 Å². The summed E-state index contributed by atoms with van der Waals surface area (Å²) in [6.07, 6.45) is 2.22. The summed E-state index contributed by atoms with van der Waals surface area (Å²) in [5.74, 6) is -1.01. The van der Waals surface area contributed by atoms with Gasteiger partial charge in [-0.15, -0.1) is 0 Å². The van der Waals surface area contributed by atoms with Crippen molar-refractivity contribution in [1.82, 2.24) is 9.47 Å². The molecule has 5 heteroatoms. The Hall–Kier alpha value is -1.62. The minimum absolute atomic E-state index is 0.145. The molecule has 0 saturated heterocycles. The van der Waals surface area contributed by atoms with E-state index in [4.69, 9.17) is 5.11 Å². The summed E-state index contributed by atoms with van der Waals surface area (Å²) >= 11 is 0. The SMILES string of the molecule is CC(C)N(C)CCCn1cc(C(=O)O)ccc1=O. The molecule has 0 aromatic carbocycles. The Balaban J connectivity index is 2.64. The highest BCUT2D eigenvalue weighted by atomic mass is 16.4. The van der Waals surface area contributed by atoms with Gasteiger partial charge in [0.25, 0.3) is 5.56 Å². The van der Waals surface area contributed by atoms with Crippen molar-refractivity contribution in [3.05, 3.63) is 34.2 Å². The van der Waals surface area contributed by atoms with Crippen molar-refractivity contribution in [3.8, 4) is 0 Å². The molecule has 0 aliphatic carbocycles. The third kappa shape index (κ3) is 4.00. The molecule has 0 fully saturated rings. The average molecular weight is 252 g/mol. The fraction of sp³-hybridized carbons (Fsp3) is 0.538. The molecule has 18 heavy (non-hydrogen) atoms. The summed E-state index contributed by atoms with van der Waals surface area (Å²) < 4.78 is 1.46. The van der Waals surface area contributed by atoms with Crippen LogP contribution in [0, 0.1) is 0 Å². The van der Waals surface area contributed by atoms with Gasteiger partial charge in [0.1, 0.15) is 0 Å². The lowest BCUT2D eigenvalue weighted by Crippen LogP contribution is -2.29. The fourth-order valence-electron chi connectivity index (χ4n) is 1.58. The highest BCUT2D eigenvalue weighted by molar-refractivity contribution is 5.87. The molecule has 0 amide bonds. The number of aromatic nitrogens is 1. The normalized spacial score (nSPS) is 11.2. The van der Waals surface area contributed by atoms with Crippen LogP contribution >= 0.6 is 0 Å². The van der Waals surface area contributed by atoms with Gasteiger partial charge in [0.05, 0.1) is 5.56 Å². The Morgan fingerprint density at radius 3 is 2.67 bits per heavy atom. The first-order valence-corrected chi connectivity index (χ1v) is 6.06. The van der Waals surface area contributed by atoms with E-state index in [1.807, 2.05) is 7.05 Å². The number of aromatic carboxylic acids is 1. The summed E-state index contributed by atoms with van der Waals surface area (Å²) in [6.45, 7) is 5.63. The number of carboxylic acids is 1. The molecule has 5 nitrogen and oxygen atoms in total. The van der Waals surface area contributed by atoms with E-state index < -0.39 is 5.97 Å². The van der Waals surface area contributed by atoms with Crippen molar-refractivity contribution in [1.29, 1.82) is 0 Å². The van der Waals surface area contributed by atoms with Gasteiger partial charge >= 0.3 is 5.97 Å². The molecule has 0 aliphatic heterocycles. The molecule has 0 spiro atoms. The Kier molecular flexibility index (Phi) is 5.09. The lowest BCUT2D eigenvalue weighted by atomic mass is 10.2. The molecular formula is C13H20N2O3. The van der Waals surface area contributed by atoms with Gasteiger partial charge in [0.15, 0.2) is 0 Å². The van der Waals surface area contributed by atoms with Crippen LogP contribution in [0.15, 0.2) is 23.1 Å². The number of pyridine rings is 1. The van der Waals surface area contributed by atoms with Gasteiger partial charge in [-0.1, -0.05) is 0 Å². The third-order valence-corrected chi connectivity index (χ3v) is 3.02. The molecule has 1 aromatic heterocycles. The van der Waals surface area contributed by atoms with E-state index in [0.29, 0.717) is 12.6 Å². The smallest absolute Gasteiger partial charge is 0.337 e. The van der Waals surface area contributed by atoms with Crippen molar-refractivity contribution < 1.29 is 9.90 Å². The predicted molar refractivity (Wildman–Crippen MR) is 70.0 cm³/mol. The predicted octanol–water partition coefficient (Wildman–Crippen LogP) is 1.28. The quantitative estimate of drug-likeness (QED) is 0.828. The topological polar surface area (TPSA) is 62.5 Å². The van der Waals surface area contributed by atoms with E-state index >= 15 is 0 Å². The van der Waals surface area contributed by atoms with E-state index in [2.05, 4.69) is 18.7 Å². The molecule has 0 radical (unpaired) electrons. The van der Waals surface area contributed by atoms with Crippen LogP contribution in [0.5, 0.6) is 0 Å². The van der Waals surface area contributed by atoms with E-state index in [1.165, 1.54) is 22.9 Å². The standard InChI is InChI=1S/C13H20N2O3/c1-10(2)14(3)7-4-8-15-9-11(13(17)18)5-6-12(15)16/h5-6,9-10H,4,7-8H2,1-3H3,(H,17,18). The Labute approximate surface area is 107 Å². The van der Waals surface area contributed by atoms with Gasteiger partial charge in [-0.2, -0.15) is 0 Å². The van der Waals surface area contributed by atoms with Crippen molar-refractivity contribution in [3.63, 3.8) is 0 Å². The third-order valence-electron chi connectivity index (χ3n) is 3.02. The lowest BCUT2D eigenvalue weighted by Gasteiger charge is -2.20. The molecule has 0 atom stereocenters. The maximum atomic E-state index is 11.6. The molecule has 0 saturated carbocycles. The average Bonchev–Trinajstić information content (AvgIpc) is 2.30. The molecular weight excluding hydrogens is 232 g/mol. The van der Waals surface area contributed by atoms with E-state index in [-0.39, 0.29) is 11.1 Å². The number of hydrogen-bond donors (Lipinski definition) is 1. The van der Waals surface area contributed by atoms with Gasteiger partial charge in [-0.3, -0.25) is 4.79 Å². The Morgan fingerprint density at radius 1 is 1.44 bits per heavy atom. The zero-order chi connectivity index (χ0) is 13.7. The van der Waals surface area contributed by atoms with Gasteiger partial charge < -0.3 is 14.6 Å². The number of hydrogen-bond acceptors (Lipinski definition) is 3. The second-order valence-corrected chi connectivity index (χ2v) is 4.68. The zero-order valence-electron chi connectivity index (χ0n) is 11.1. The number of nitrogens with zero attached hydrogens (tertiary/aromatic N) is 2. The van der Waals surface area contributed by atoms with Crippen LogP contribution in [0.25, 0.3) is 0 Å². The molecule has 0 aliphatic rings. The Bertz CT molecular complexity index is 466. The fourth-order valence-corrected chi connectivity index (χ4v) is 1.58. The molecule has 1 heterocycles. The van der Waals surface area contributed by atoms with E-state index in [9.17, 15) is 9.59 Å². The van der Waals surface area contributed by atoms with Crippen LogP contribution in [-0.4, -0.2) is 40.2 Å². The minimum Gasteiger partial charge on any atom is -0.478 e. The Morgan fingerprint density at radius 2 is 2.11 bits per heavy atom. The van der Waals surface area contributed by atoms with Gasteiger partial charge in [-0.05, 0) is 39.9 Å². The van der Waals surface area contributed by atoms with Crippen LogP contribution in [0.4, 0.5) is 0 Å². The second kappa shape index (κ2) is 6.35. The minimum atomic E-state index is -1.01. The number of aryl methyl sites for hydroxylation is 1. The molecule has 0 bridgehead atoms. The van der Waals surface area contributed by atoms with Crippen LogP contribution in [-0.2, 0) is 6.54 Å². The summed E-state index contributed by atoms with van der Waals surface area (Å²) in [5.41, 5.74) is -0.0148. The molecule has 1 aromatic rings.